The van der Waals surface area contributed by atoms with E-state index in [0.717, 1.165) is 15.9 Å². The molecule has 7 heteroatoms. The Hall–Kier alpha value is -2.44. The van der Waals surface area contributed by atoms with Crippen molar-refractivity contribution in [1.29, 1.82) is 0 Å². The van der Waals surface area contributed by atoms with Crippen molar-refractivity contribution in [2.45, 2.75) is 6.92 Å². The predicted octanol–water partition coefficient (Wildman–Crippen LogP) is 4.36. The third kappa shape index (κ3) is 3.97. The Morgan fingerprint density at radius 2 is 1.88 bits per heavy atom. The molecule has 0 aliphatic carbocycles. The highest BCUT2D eigenvalue weighted by molar-refractivity contribution is 9.10. The van der Waals surface area contributed by atoms with E-state index in [1.165, 1.54) is 6.21 Å². The zero-order valence-corrected chi connectivity index (χ0v) is 15.6. The van der Waals surface area contributed by atoms with Crippen LogP contribution in [0.2, 0.25) is 5.15 Å². The number of hydrazone groups is 1. The average Bonchev–Trinajstić information content (AvgIpc) is 2.91. The monoisotopic (exact) mass is 416 g/mol. The number of halogens is 2. The van der Waals surface area contributed by atoms with E-state index in [4.69, 9.17) is 11.6 Å². The van der Waals surface area contributed by atoms with Crippen LogP contribution in [0.15, 0.2) is 64.2 Å². The van der Waals surface area contributed by atoms with Gasteiger partial charge >= 0.3 is 0 Å². The lowest BCUT2D eigenvalue weighted by Gasteiger charge is -2.02. The molecule has 1 amide bonds. The van der Waals surface area contributed by atoms with E-state index in [9.17, 15) is 4.79 Å². The molecule has 0 fully saturated rings. The van der Waals surface area contributed by atoms with Gasteiger partial charge in [-0.2, -0.15) is 10.2 Å². The van der Waals surface area contributed by atoms with Crippen molar-refractivity contribution in [1.82, 2.24) is 15.2 Å². The van der Waals surface area contributed by atoms with Gasteiger partial charge in [0, 0.05) is 10.0 Å². The minimum absolute atomic E-state index is 0.298. The highest BCUT2D eigenvalue weighted by atomic mass is 79.9. The number of rotatable bonds is 4. The number of benzene rings is 2. The van der Waals surface area contributed by atoms with E-state index < -0.39 is 0 Å². The van der Waals surface area contributed by atoms with Crippen LogP contribution in [0.25, 0.3) is 5.69 Å². The summed E-state index contributed by atoms with van der Waals surface area (Å²) in [6.07, 6.45) is 1.50. The van der Waals surface area contributed by atoms with E-state index in [2.05, 4.69) is 31.6 Å². The molecule has 0 aliphatic rings. The molecule has 5 nitrogen and oxygen atoms in total. The van der Waals surface area contributed by atoms with Crippen LogP contribution in [-0.2, 0) is 0 Å². The molecular formula is C18H14BrClN4O. The van der Waals surface area contributed by atoms with E-state index in [0.29, 0.717) is 16.3 Å². The summed E-state index contributed by atoms with van der Waals surface area (Å²) in [6.45, 7) is 1.84. The molecule has 0 unspecified atom stereocenters. The van der Waals surface area contributed by atoms with Crippen LogP contribution in [0.1, 0.15) is 21.6 Å². The van der Waals surface area contributed by atoms with Crippen LogP contribution in [-0.4, -0.2) is 21.9 Å². The Morgan fingerprint density at radius 3 is 2.56 bits per heavy atom. The van der Waals surface area contributed by atoms with Gasteiger partial charge in [-0.1, -0.05) is 45.7 Å². The average molecular weight is 418 g/mol. The van der Waals surface area contributed by atoms with Crippen molar-refractivity contribution < 1.29 is 4.79 Å². The van der Waals surface area contributed by atoms with Gasteiger partial charge < -0.3 is 0 Å². The van der Waals surface area contributed by atoms with Gasteiger partial charge in [0.2, 0.25) is 0 Å². The van der Waals surface area contributed by atoms with Crippen molar-refractivity contribution in [2.24, 2.45) is 5.10 Å². The lowest BCUT2D eigenvalue weighted by molar-refractivity contribution is 0.0955. The van der Waals surface area contributed by atoms with Gasteiger partial charge in [0.25, 0.3) is 5.91 Å². The summed E-state index contributed by atoms with van der Waals surface area (Å²) >= 11 is 9.74. The molecule has 3 aromatic rings. The normalized spacial score (nSPS) is 11.0. The first-order valence-corrected chi connectivity index (χ1v) is 8.63. The fraction of sp³-hybridized carbons (Fsp3) is 0.0556. The zero-order chi connectivity index (χ0) is 17.8. The van der Waals surface area contributed by atoms with Gasteiger partial charge in [-0.05, 0) is 43.3 Å². The summed E-state index contributed by atoms with van der Waals surface area (Å²) in [5.74, 6) is -0.298. The molecule has 0 saturated heterocycles. The maximum atomic E-state index is 12.0. The maximum Gasteiger partial charge on any atom is 0.271 e. The first-order chi connectivity index (χ1) is 12.1. The highest BCUT2D eigenvalue weighted by Crippen LogP contribution is 2.21. The fourth-order valence-electron chi connectivity index (χ4n) is 2.22. The summed E-state index contributed by atoms with van der Waals surface area (Å²) in [4.78, 5) is 12.0. The molecule has 1 aromatic heterocycles. The number of amides is 1. The SMILES string of the molecule is Cc1nn(-c2ccccc2)c(Cl)c1/C=N\NC(=O)c1ccc(Br)cc1. The quantitative estimate of drug-likeness (QED) is 0.506. The summed E-state index contributed by atoms with van der Waals surface area (Å²) in [7, 11) is 0. The Labute approximate surface area is 158 Å². The van der Waals surface area contributed by atoms with Gasteiger partial charge in [0.15, 0.2) is 0 Å². The van der Waals surface area contributed by atoms with Crippen LogP contribution >= 0.6 is 27.5 Å². The van der Waals surface area contributed by atoms with E-state index in [1.54, 1.807) is 28.9 Å². The number of hydrogen-bond donors (Lipinski definition) is 1. The number of hydrogen-bond acceptors (Lipinski definition) is 3. The van der Waals surface area contributed by atoms with Crippen molar-refractivity contribution in [2.75, 3.05) is 0 Å². The molecule has 2 aromatic carbocycles. The minimum Gasteiger partial charge on any atom is -0.267 e. The van der Waals surface area contributed by atoms with Crippen molar-refractivity contribution in [3.05, 3.63) is 81.0 Å². The molecule has 0 radical (unpaired) electrons. The second-order valence-corrected chi connectivity index (χ2v) is 6.52. The Bertz CT molecular complexity index is 920. The van der Waals surface area contributed by atoms with Crippen molar-refractivity contribution in [3.8, 4) is 5.69 Å². The standard InChI is InChI=1S/C18H14BrClN4O/c1-12-16(17(20)24(23-12)15-5-3-2-4-6-15)11-21-22-18(25)13-7-9-14(19)10-8-13/h2-11H,1H3,(H,22,25)/b21-11-. The van der Waals surface area contributed by atoms with Crippen LogP contribution in [0.3, 0.4) is 0 Å². The minimum atomic E-state index is -0.298. The van der Waals surface area contributed by atoms with Crippen molar-refractivity contribution in [3.63, 3.8) is 0 Å². The third-order valence-electron chi connectivity index (χ3n) is 3.51. The molecule has 0 saturated carbocycles. The van der Waals surface area contributed by atoms with Crippen LogP contribution in [0.4, 0.5) is 0 Å². The van der Waals surface area contributed by atoms with Gasteiger partial charge in [-0.3, -0.25) is 4.79 Å². The first kappa shape index (κ1) is 17.4. The maximum absolute atomic E-state index is 12.0. The second kappa shape index (κ2) is 7.63. The third-order valence-corrected chi connectivity index (χ3v) is 4.41. The molecule has 0 atom stereocenters. The number of carbonyl (C=O) groups is 1. The summed E-state index contributed by atoms with van der Waals surface area (Å²) < 4.78 is 2.54. The van der Waals surface area contributed by atoms with Gasteiger partial charge in [0.1, 0.15) is 5.15 Å². The summed E-state index contributed by atoms with van der Waals surface area (Å²) in [6, 6.07) is 16.6. The molecule has 25 heavy (non-hydrogen) atoms. The van der Waals surface area contributed by atoms with E-state index in [-0.39, 0.29) is 5.91 Å². The van der Waals surface area contributed by atoms with Gasteiger partial charge in [-0.15, -0.1) is 0 Å². The zero-order valence-electron chi connectivity index (χ0n) is 13.3. The molecule has 3 rings (SSSR count). The number of aromatic nitrogens is 2. The number of aryl methyl sites for hydroxylation is 1. The fourth-order valence-corrected chi connectivity index (χ4v) is 2.80. The molecule has 0 bridgehead atoms. The van der Waals surface area contributed by atoms with Crippen LogP contribution in [0, 0.1) is 6.92 Å². The van der Waals surface area contributed by atoms with Crippen LogP contribution in [0.5, 0.6) is 0 Å². The van der Waals surface area contributed by atoms with E-state index in [1.807, 2.05) is 37.3 Å². The predicted molar refractivity (Wildman–Crippen MR) is 103 cm³/mol. The molecular weight excluding hydrogens is 404 g/mol. The molecule has 126 valence electrons. The topological polar surface area (TPSA) is 59.3 Å². The molecule has 0 spiro atoms. The number of para-hydroxylation sites is 1. The summed E-state index contributed by atoms with van der Waals surface area (Å²) in [5, 5.41) is 8.85. The second-order valence-electron chi connectivity index (χ2n) is 5.24. The molecule has 0 aliphatic heterocycles. The lowest BCUT2D eigenvalue weighted by atomic mass is 10.2. The largest absolute Gasteiger partial charge is 0.271 e. The number of nitrogens with zero attached hydrogens (tertiary/aromatic N) is 3. The van der Waals surface area contributed by atoms with Crippen molar-refractivity contribution >= 4 is 39.7 Å². The smallest absolute Gasteiger partial charge is 0.267 e. The van der Waals surface area contributed by atoms with Gasteiger partial charge in [0.05, 0.1) is 23.2 Å². The first-order valence-electron chi connectivity index (χ1n) is 7.46. The van der Waals surface area contributed by atoms with Crippen LogP contribution < -0.4 is 5.43 Å². The van der Waals surface area contributed by atoms with E-state index >= 15 is 0 Å². The molecule has 1 heterocycles. The number of carbonyl (C=O) groups excluding carboxylic acids is 1. The lowest BCUT2D eigenvalue weighted by Crippen LogP contribution is -2.17. The Balaban J connectivity index is 1.77. The van der Waals surface area contributed by atoms with Gasteiger partial charge in [-0.25, -0.2) is 10.1 Å². The summed E-state index contributed by atoms with van der Waals surface area (Å²) in [5.41, 5.74) is 5.23. The highest BCUT2D eigenvalue weighted by Gasteiger charge is 2.13. The number of nitrogens with one attached hydrogen (secondary N) is 1. The molecule has 1 N–H and O–H groups in total. The Kier molecular flexibility index (Phi) is 5.31. The Morgan fingerprint density at radius 1 is 1.20 bits per heavy atom.